The van der Waals surface area contributed by atoms with Gasteiger partial charge in [0.25, 0.3) is 0 Å². The molecule has 90 valence electrons. The lowest BCUT2D eigenvalue weighted by molar-refractivity contribution is 0.560. The molecular weight excluding hydrogens is 262 g/mol. The Morgan fingerprint density at radius 2 is 1.82 bits per heavy atom. The van der Waals surface area contributed by atoms with Gasteiger partial charge in [0.15, 0.2) is 0 Å². The normalized spacial score (nSPS) is 12.7. The summed E-state index contributed by atoms with van der Waals surface area (Å²) >= 11 is 7.63. The first-order chi connectivity index (χ1) is 8.13. The number of benzene rings is 1. The van der Waals surface area contributed by atoms with Gasteiger partial charge < -0.3 is 0 Å². The zero-order valence-electron chi connectivity index (χ0n) is 9.21. The summed E-state index contributed by atoms with van der Waals surface area (Å²) in [5.41, 5.74) is -0.0707. The molecule has 1 unspecified atom stereocenters. The zero-order valence-corrected chi connectivity index (χ0v) is 10.8. The van der Waals surface area contributed by atoms with Crippen LogP contribution in [0.3, 0.4) is 0 Å². The van der Waals surface area contributed by atoms with Crippen molar-refractivity contribution >= 4 is 22.9 Å². The van der Waals surface area contributed by atoms with Crippen LogP contribution in [0.2, 0.25) is 0 Å². The van der Waals surface area contributed by atoms with Gasteiger partial charge in [0.2, 0.25) is 0 Å². The van der Waals surface area contributed by atoms with E-state index in [1.807, 2.05) is 19.1 Å². The molecule has 0 N–H and O–H groups in total. The lowest BCUT2D eigenvalue weighted by Crippen LogP contribution is -1.98. The van der Waals surface area contributed by atoms with Crippen molar-refractivity contribution in [2.75, 3.05) is 0 Å². The molecule has 0 radical (unpaired) electrons. The van der Waals surface area contributed by atoms with Crippen molar-refractivity contribution in [1.82, 2.24) is 0 Å². The summed E-state index contributed by atoms with van der Waals surface area (Å²) < 4.78 is 27.1. The highest BCUT2D eigenvalue weighted by Gasteiger charge is 2.20. The van der Waals surface area contributed by atoms with E-state index in [-0.39, 0.29) is 5.56 Å². The minimum Gasteiger partial charge on any atom is -0.207 e. The van der Waals surface area contributed by atoms with Crippen LogP contribution in [0.15, 0.2) is 30.3 Å². The third-order valence-electron chi connectivity index (χ3n) is 2.53. The van der Waals surface area contributed by atoms with Crippen LogP contribution in [-0.4, -0.2) is 0 Å². The van der Waals surface area contributed by atoms with E-state index in [0.717, 1.165) is 16.2 Å². The fraction of sp³-hybridized carbons (Fsp3) is 0.231. The van der Waals surface area contributed by atoms with Crippen molar-refractivity contribution in [2.24, 2.45) is 0 Å². The summed E-state index contributed by atoms with van der Waals surface area (Å²) in [6.07, 6.45) is 0.897. The molecule has 4 heteroatoms. The molecule has 2 rings (SSSR count). The summed E-state index contributed by atoms with van der Waals surface area (Å²) in [5.74, 6) is -1.20. The maximum absolute atomic E-state index is 13.6. The minimum atomic E-state index is -0.762. The average Bonchev–Trinajstić information content (AvgIpc) is 2.77. The van der Waals surface area contributed by atoms with Crippen LogP contribution >= 0.6 is 22.9 Å². The Hall–Kier alpha value is -0.930. The molecule has 1 aromatic carbocycles. The minimum absolute atomic E-state index is 0.0707. The fourth-order valence-electron chi connectivity index (χ4n) is 1.62. The van der Waals surface area contributed by atoms with E-state index in [0.29, 0.717) is 0 Å². The van der Waals surface area contributed by atoms with Crippen molar-refractivity contribution in [3.63, 3.8) is 0 Å². The number of rotatable bonds is 3. The maximum atomic E-state index is 13.6. The fourth-order valence-corrected chi connectivity index (χ4v) is 2.97. The van der Waals surface area contributed by atoms with Gasteiger partial charge in [0.1, 0.15) is 11.6 Å². The highest BCUT2D eigenvalue weighted by atomic mass is 35.5. The van der Waals surface area contributed by atoms with E-state index < -0.39 is 17.0 Å². The maximum Gasteiger partial charge on any atom is 0.131 e. The highest BCUT2D eigenvalue weighted by Crippen LogP contribution is 2.36. The van der Waals surface area contributed by atoms with Crippen molar-refractivity contribution in [1.29, 1.82) is 0 Å². The number of aryl methyl sites for hydroxylation is 1. The Morgan fingerprint density at radius 3 is 2.35 bits per heavy atom. The number of thiophene rings is 1. The predicted octanol–water partition coefficient (Wildman–Crippen LogP) is 4.92. The molecule has 0 saturated heterocycles. The summed E-state index contributed by atoms with van der Waals surface area (Å²) in [7, 11) is 0. The molecule has 0 aliphatic heterocycles. The summed E-state index contributed by atoms with van der Waals surface area (Å²) in [6.45, 7) is 2.03. The van der Waals surface area contributed by atoms with Crippen LogP contribution in [-0.2, 0) is 6.42 Å². The SMILES string of the molecule is CCc1ccc(C(Cl)c2c(F)cccc2F)s1. The smallest absolute Gasteiger partial charge is 0.131 e. The first-order valence-electron chi connectivity index (χ1n) is 5.30. The molecule has 1 heterocycles. The Kier molecular flexibility index (Phi) is 3.79. The lowest BCUT2D eigenvalue weighted by Gasteiger charge is -2.09. The molecule has 1 aromatic heterocycles. The van der Waals surface area contributed by atoms with E-state index in [4.69, 9.17) is 11.6 Å². The molecule has 0 spiro atoms. The van der Waals surface area contributed by atoms with E-state index in [2.05, 4.69) is 0 Å². The Bertz CT molecular complexity index is 502. The van der Waals surface area contributed by atoms with Crippen LogP contribution < -0.4 is 0 Å². The van der Waals surface area contributed by atoms with Gasteiger partial charge in [-0.25, -0.2) is 8.78 Å². The van der Waals surface area contributed by atoms with Crippen molar-refractivity contribution in [2.45, 2.75) is 18.7 Å². The highest BCUT2D eigenvalue weighted by molar-refractivity contribution is 7.12. The summed E-state index contributed by atoms with van der Waals surface area (Å²) in [5, 5.41) is -0.762. The molecule has 0 saturated carbocycles. The zero-order chi connectivity index (χ0) is 12.4. The van der Waals surface area contributed by atoms with Crippen LogP contribution in [0.5, 0.6) is 0 Å². The standard InChI is InChI=1S/C13H11ClF2S/c1-2-8-6-7-11(17-8)13(14)12-9(15)4-3-5-10(12)16/h3-7,13H,2H2,1H3. The first kappa shape index (κ1) is 12.5. The molecule has 0 aliphatic carbocycles. The second-order valence-electron chi connectivity index (χ2n) is 3.66. The van der Waals surface area contributed by atoms with Crippen molar-refractivity contribution in [3.05, 3.63) is 57.3 Å². The monoisotopic (exact) mass is 272 g/mol. The molecule has 0 fully saturated rings. The van der Waals surface area contributed by atoms with Gasteiger partial charge in [0, 0.05) is 15.3 Å². The molecule has 1 atom stereocenters. The molecular formula is C13H11ClF2S. The van der Waals surface area contributed by atoms with E-state index in [9.17, 15) is 8.78 Å². The third-order valence-corrected chi connectivity index (χ3v) is 4.41. The van der Waals surface area contributed by atoms with Gasteiger partial charge in [-0.3, -0.25) is 0 Å². The van der Waals surface area contributed by atoms with Gasteiger partial charge in [-0.05, 0) is 30.7 Å². The third kappa shape index (κ3) is 2.50. The largest absolute Gasteiger partial charge is 0.207 e. The summed E-state index contributed by atoms with van der Waals surface area (Å²) in [4.78, 5) is 1.93. The first-order valence-corrected chi connectivity index (χ1v) is 6.55. The second-order valence-corrected chi connectivity index (χ2v) is 5.29. The predicted molar refractivity (Wildman–Crippen MR) is 67.8 cm³/mol. The Labute approximate surface area is 108 Å². The quantitative estimate of drug-likeness (QED) is 0.696. The van der Waals surface area contributed by atoms with Gasteiger partial charge in [-0.2, -0.15) is 0 Å². The lowest BCUT2D eigenvalue weighted by atomic mass is 10.1. The van der Waals surface area contributed by atoms with Crippen LogP contribution in [0.25, 0.3) is 0 Å². The van der Waals surface area contributed by atoms with Gasteiger partial charge >= 0.3 is 0 Å². The summed E-state index contributed by atoms with van der Waals surface area (Å²) in [6, 6.07) is 7.55. The van der Waals surface area contributed by atoms with Crippen LogP contribution in [0.1, 0.15) is 27.6 Å². The number of alkyl halides is 1. The van der Waals surface area contributed by atoms with Gasteiger partial charge in [-0.15, -0.1) is 22.9 Å². The number of hydrogen-bond acceptors (Lipinski definition) is 1. The second kappa shape index (κ2) is 5.15. The Balaban J connectivity index is 2.39. The topological polar surface area (TPSA) is 0 Å². The Morgan fingerprint density at radius 1 is 1.18 bits per heavy atom. The van der Waals surface area contributed by atoms with Gasteiger partial charge in [-0.1, -0.05) is 13.0 Å². The molecule has 2 aromatic rings. The number of hydrogen-bond donors (Lipinski definition) is 0. The van der Waals surface area contributed by atoms with Crippen molar-refractivity contribution in [3.8, 4) is 0 Å². The molecule has 17 heavy (non-hydrogen) atoms. The number of halogens is 3. The van der Waals surface area contributed by atoms with Crippen LogP contribution in [0, 0.1) is 11.6 Å². The molecule has 0 aliphatic rings. The van der Waals surface area contributed by atoms with E-state index in [1.54, 1.807) is 0 Å². The van der Waals surface area contributed by atoms with Crippen molar-refractivity contribution < 1.29 is 8.78 Å². The van der Waals surface area contributed by atoms with Crippen LogP contribution in [0.4, 0.5) is 8.78 Å². The molecule has 0 nitrogen and oxygen atoms in total. The average molecular weight is 273 g/mol. The van der Waals surface area contributed by atoms with E-state index >= 15 is 0 Å². The van der Waals surface area contributed by atoms with Gasteiger partial charge in [0.05, 0.1) is 5.38 Å². The molecule has 0 bridgehead atoms. The van der Waals surface area contributed by atoms with E-state index in [1.165, 1.54) is 29.5 Å². The molecule has 0 amide bonds.